The van der Waals surface area contributed by atoms with Crippen LogP contribution in [0.5, 0.6) is 0 Å². The van der Waals surface area contributed by atoms with E-state index < -0.39 is 33.3 Å². The number of nitrogens with one attached hydrogen (secondary N) is 3. The van der Waals surface area contributed by atoms with E-state index in [-0.39, 0.29) is 30.4 Å². The zero-order valence-electron chi connectivity index (χ0n) is 16.8. The summed E-state index contributed by atoms with van der Waals surface area (Å²) in [5.41, 5.74) is 5.14. The largest absolute Gasteiger partial charge is 0.444 e. The van der Waals surface area contributed by atoms with Gasteiger partial charge in [-0.2, -0.15) is 0 Å². The normalized spacial score (nSPS) is 18.0. The third-order valence-electron chi connectivity index (χ3n) is 4.17. The molecule has 0 bridgehead atoms. The Morgan fingerprint density at radius 3 is 2.31 bits per heavy atom. The molecule has 1 atom stereocenters. The molecule has 1 aromatic carbocycles. The quantitative estimate of drug-likeness (QED) is 0.610. The van der Waals surface area contributed by atoms with E-state index in [0.717, 1.165) is 5.56 Å². The molecule has 1 fully saturated rings. The fourth-order valence-corrected chi connectivity index (χ4v) is 4.67. The second-order valence-corrected chi connectivity index (χ2v) is 10.3. The highest BCUT2D eigenvalue weighted by atomic mass is 32.2. The van der Waals surface area contributed by atoms with Crippen LogP contribution < -0.4 is 16.2 Å². The smallest absolute Gasteiger partial charge is 0.407 e. The van der Waals surface area contributed by atoms with Crippen LogP contribution in [0.4, 0.5) is 4.79 Å². The number of benzene rings is 1. The van der Waals surface area contributed by atoms with Crippen molar-refractivity contribution in [2.24, 2.45) is 5.92 Å². The van der Waals surface area contributed by atoms with E-state index in [1.165, 1.54) is 0 Å². The van der Waals surface area contributed by atoms with E-state index in [0.29, 0.717) is 12.0 Å². The number of hydrogen-bond acceptors (Lipinski definition) is 6. The number of rotatable bonds is 5. The number of amides is 3. The lowest BCUT2D eigenvalue weighted by molar-refractivity contribution is -0.122. The fourth-order valence-electron chi connectivity index (χ4n) is 2.81. The van der Waals surface area contributed by atoms with E-state index in [2.05, 4.69) is 16.2 Å². The van der Waals surface area contributed by atoms with Gasteiger partial charge in [-0.1, -0.05) is 12.1 Å². The molecule has 1 heterocycles. The minimum atomic E-state index is -3.04. The lowest BCUT2D eigenvalue weighted by Crippen LogP contribution is -2.42. The summed E-state index contributed by atoms with van der Waals surface area (Å²) in [6.45, 7) is 5.56. The standard InChI is InChI=1S/C19H27N3O6S/c1-19(2,3)28-18(25)20-11-13-4-6-15(7-5-13)17(24)22-21-16(23)10-14-8-9-29(26,27)12-14/h4-7,14H,8-12H2,1-3H3,(H,20,25)(H,21,23)(H,22,24)/t14-/m1/s1. The van der Waals surface area contributed by atoms with Gasteiger partial charge in [-0.25, -0.2) is 13.2 Å². The Morgan fingerprint density at radius 1 is 1.10 bits per heavy atom. The fraction of sp³-hybridized carbons (Fsp3) is 0.526. The maximum atomic E-state index is 12.1. The van der Waals surface area contributed by atoms with Gasteiger partial charge in [0, 0.05) is 18.5 Å². The molecular formula is C19H27N3O6S. The summed E-state index contributed by atoms with van der Waals surface area (Å²) in [7, 11) is -3.04. The number of hydrogen-bond donors (Lipinski definition) is 3. The summed E-state index contributed by atoms with van der Waals surface area (Å²) in [6.07, 6.45) is -0.0193. The third-order valence-corrected chi connectivity index (χ3v) is 6.01. The van der Waals surface area contributed by atoms with Gasteiger partial charge >= 0.3 is 6.09 Å². The number of alkyl carbamates (subject to hydrolysis) is 1. The lowest BCUT2D eigenvalue weighted by atomic mass is 10.1. The van der Waals surface area contributed by atoms with E-state index >= 15 is 0 Å². The number of carbonyl (C=O) groups is 3. The van der Waals surface area contributed by atoms with Gasteiger partial charge in [0.05, 0.1) is 11.5 Å². The molecule has 2 rings (SSSR count). The van der Waals surface area contributed by atoms with Gasteiger partial charge in [0.15, 0.2) is 9.84 Å². The van der Waals surface area contributed by atoms with Crippen molar-refractivity contribution in [2.75, 3.05) is 11.5 Å². The zero-order valence-corrected chi connectivity index (χ0v) is 17.6. The first-order valence-electron chi connectivity index (χ1n) is 9.29. The van der Waals surface area contributed by atoms with E-state index in [1.54, 1.807) is 45.0 Å². The molecule has 29 heavy (non-hydrogen) atoms. The van der Waals surface area contributed by atoms with Gasteiger partial charge < -0.3 is 10.1 Å². The van der Waals surface area contributed by atoms with Crippen molar-refractivity contribution in [1.29, 1.82) is 0 Å². The van der Waals surface area contributed by atoms with Crippen LogP contribution in [-0.4, -0.2) is 43.4 Å². The van der Waals surface area contributed by atoms with Crippen LogP contribution in [0.3, 0.4) is 0 Å². The molecule has 0 aliphatic carbocycles. The van der Waals surface area contributed by atoms with Gasteiger partial charge in [-0.15, -0.1) is 0 Å². The highest BCUT2D eigenvalue weighted by Gasteiger charge is 2.29. The Morgan fingerprint density at radius 2 is 1.76 bits per heavy atom. The monoisotopic (exact) mass is 425 g/mol. The van der Waals surface area contributed by atoms with Crippen molar-refractivity contribution in [2.45, 2.75) is 45.8 Å². The van der Waals surface area contributed by atoms with Gasteiger partial charge in [-0.3, -0.25) is 20.4 Å². The topological polar surface area (TPSA) is 131 Å². The number of sulfone groups is 1. The van der Waals surface area contributed by atoms with Crippen LogP contribution >= 0.6 is 0 Å². The lowest BCUT2D eigenvalue weighted by Gasteiger charge is -2.19. The second-order valence-electron chi connectivity index (χ2n) is 8.03. The van der Waals surface area contributed by atoms with E-state index in [9.17, 15) is 22.8 Å². The number of carbonyl (C=O) groups excluding carboxylic acids is 3. The molecule has 9 nitrogen and oxygen atoms in total. The molecule has 3 N–H and O–H groups in total. The maximum absolute atomic E-state index is 12.1. The van der Waals surface area contributed by atoms with Crippen LogP contribution in [0.15, 0.2) is 24.3 Å². The summed E-state index contributed by atoms with van der Waals surface area (Å²) in [5, 5.41) is 2.62. The first-order chi connectivity index (χ1) is 13.4. The molecule has 10 heteroatoms. The molecule has 0 aromatic heterocycles. The molecular weight excluding hydrogens is 398 g/mol. The van der Waals surface area contributed by atoms with Crippen molar-refractivity contribution in [3.8, 4) is 0 Å². The van der Waals surface area contributed by atoms with Crippen LogP contribution in [0.25, 0.3) is 0 Å². The molecule has 1 aliphatic rings. The summed E-state index contributed by atoms with van der Waals surface area (Å²) in [6, 6.07) is 6.49. The maximum Gasteiger partial charge on any atom is 0.407 e. The Balaban J connectivity index is 1.75. The predicted molar refractivity (Wildman–Crippen MR) is 107 cm³/mol. The van der Waals surface area contributed by atoms with Crippen molar-refractivity contribution in [1.82, 2.24) is 16.2 Å². The van der Waals surface area contributed by atoms with Gasteiger partial charge in [0.1, 0.15) is 5.60 Å². The summed E-state index contributed by atoms with van der Waals surface area (Å²) < 4.78 is 28.0. The molecule has 0 spiro atoms. The molecule has 3 amide bonds. The minimum Gasteiger partial charge on any atom is -0.444 e. The molecule has 1 aromatic rings. The van der Waals surface area contributed by atoms with Crippen molar-refractivity contribution in [3.63, 3.8) is 0 Å². The zero-order chi connectivity index (χ0) is 21.7. The SMILES string of the molecule is CC(C)(C)OC(=O)NCc1ccc(C(=O)NNC(=O)C[C@H]2CCS(=O)(=O)C2)cc1. The van der Waals surface area contributed by atoms with Crippen molar-refractivity contribution < 1.29 is 27.5 Å². The van der Waals surface area contributed by atoms with Crippen LogP contribution in [-0.2, 0) is 25.9 Å². The number of ether oxygens (including phenoxy) is 1. The molecule has 0 radical (unpaired) electrons. The summed E-state index contributed by atoms with van der Waals surface area (Å²) >= 11 is 0. The first kappa shape index (κ1) is 22.7. The number of hydrazine groups is 1. The molecule has 0 saturated carbocycles. The Labute approximate surface area is 170 Å². The summed E-state index contributed by atoms with van der Waals surface area (Å²) in [5.74, 6) is -1.03. The predicted octanol–water partition coefficient (Wildman–Crippen LogP) is 1.30. The van der Waals surface area contributed by atoms with Crippen molar-refractivity contribution >= 4 is 27.7 Å². The van der Waals surface area contributed by atoms with E-state index in [4.69, 9.17) is 4.74 Å². The van der Waals surface area contributed by atoms with Crippen LogP contribution in [0.1, 0.15) is 49.5 Å². The Bertz CT molecular complexity index is 859. The van der Waals surface area contributed by atoms with Gasteiger partial charge in [-0.05, 0) is 50.8 Å². The van der Waals surface area contributed by atoms with Crippen molar-refractivity contribution in [3.05, 3.63) is 35.4 Å². The third kappa shape index (κ3) is 8.10. The highest BCUT2D eigenvalue weighted by Crippen LogP contribution is 2.21. The average Bonchev–Trinajstić information content (AvgIpc) is 2.95. The molecule has 1 saturated heterocycles. The minimum absolute atomic E-state index is 0.00710. The van der Waals surface area contributed by atoms with Crippen LogP contribution in [0.2, 0.25) is 0 Å². The Kier molecular flexibility index (Phi) is 7.23. The molecule has 160 valence electrons. The average molecular weight is 426 g/mol. The van der Waals surface area contributed by atoms with Gasteiger partial charge in [0.25, 0.3) is 5.91 Å². The van der Waals surface area contributed by atoms with Crippen LogP contribution in [0, 0.1) is 5.92 Å². The summed E-state index contributed by atoms with van der Waals surface area (Å²) in [4.78, 5) is 35.6. The second kappa shape index (κ2) is 9.25. The molecule has 1 aliphatic heterocycles. The highest BCUT2D eigenvalue weighted by molar-refractivity contribution is 7.91. The molecule has 0 unspecified atom stereocenters. The first-order valence-corrected chi connectivity index (χ1v) is 11.1. The Hall–Kier alpha value is -2.62. The van der Waals surface area contributed by atoms with E-state index in [1.807, 2.05) is 0 Å². The van der Waals surface area contributed by atoms with Gasteiger partial charge in [0.2, 0.25) is 5.91 Å².